The van der Waals surface area contributed by atoms with Gasteiger partial charge in [0.1, 0.15) is 5.82 Å². The number of hydrogen-bond donors (Lipinski definition) is 1. The van der Waals surface area contributed by atoms with Crippen LogP contribution >= 0.6 is 0 Å². The lowest BCUT2D eigenvalue weighted by Crippen LogP contribution is -2.25. The molecule has 5 nitrogen and oxygen atoms in total. The SMILES string of the molecule is O=C(NC1CC1)c1cc(-c2cccnc2)n(-c2ccc(F)cc2)n1. The van der Waals surface area contributed by atoms with Crippen molar-refractivity contribution in [3.63, 3.8) is 0 Å². The lowest BCUT2D eigenvalue weighted by Gasteiger charge is -2.07. The van der Waals surface area contributed by atoms with Crippen molar-refractivity contribution in [3.8, 4) is 16.9 Å². The summed E-state index contributed by atoms with van der Waals surface area (Å²) < 4.78 is 14.8. The van der Waals surface area contributed by atoms with E-state index >= 15 is 0 Å². The molecule has 0 bridgehead atoms. The second-order valence-corrected chi connectivity index (χ2v) is 5.79. The van der Waals surface area contributed by atoms with Gasteiger partial charge in [0.25, 0.3) is 5.91 Å². The summed E-state index contributed by atoms with van der Waals surface area (Å²) >= 11 is 0. The molecule has 1 aliphatic carbocycles. The van der Waals surface area contributed by atoms with E-state index in [1.165, 1.54) is 12.1 Å². The molecule has 1 aliphatic rings. The normalized spacial score (nSPS) is 13.7. The van der Waals surface area contributed by atoms with Crippen LogP contribution in [0.3, 0.4) is 0 Å². The van der Waals surface area contributed by atoms with Crippen LogP contribution in [0.1, 0.15) is 23.3 Å². The molecule has 0 unspecified atom stereocenters. The first kappa shape index (κ1) is 14.6. The number of hydrogen-bond acceptors (Lipinski definition) is 3. The van der Waals surface area contributed by atoms with E-state index in [4.69, 9.17) is 0 Å². The van der Waals surface area contributed by atoms with E-state index in [1.807, 2.05) is 12.1 Å². The fourth-order valence-electron chi connectivity index (χ4n) is 2.48. The Morgan fingerprint density at radius 1 is 1.21 bits per heavy atom. The van der Waals surface area contributed by atoms with E-state index in [1.54, 1.807) is 35.3 Å². The molecular formula is C18H15FN4O. The van der Waals surface area contributed by atoms with Gasteiger partial charge in [0.05, 0.1) is 11.4 Å². The fourth-order valence-corrected chi connectivity index (χ4v) is 2.48. The van der Waals surface area contributed by atoms with Crippen LogP contribution < -0.4 is 5.32 Å². The Morgan fingerprint density at radius 2 is 2.00 bits per heavy atom. The predicted molar refractivity (Wildman–Crippen MR) is 87.2 cm³/mol. The number of pyridine rings is 1. The quantitative estimate of drug-likeness (QED) is 0.803. The molecule has 2 aromatic heterocycles. The Labute approximate surface area is 138 Å². The van der Waals surface area contributed by atoms with Crippen molar-refractivity contribution in [3.05, 3.63) is 66.4 Å². The molecule has 0 spiro atoms. The number of nitrogens with one attached hydrogen (secondary N) is 1. The molecule has 1 saturated carbocycles. The number of amides is 1. The maximum atomic E-state index is 13.2. The minimum atomic E-state index is -0.319. The second-order valence-electron chi connectivity index (χ2n) is 5.79. The van der Waals surface area contributed by atoms with Gasteiger partial charge in [-0.1, -0.05) is 0 Å². The molecule has 1 N–H and O–H groups in total. The van der Waals surface area contributed by atoms with Crippen LogP contribution in [0.4, 0.5) is 4.39 Å². The Morgan fingerprint density at radius 3 is 2.67 bits per heavy atom. The summed E-state index contributed by atoms with van der Waals surface area (Å²) in [6.45, 7) is 0. The van der Waals surface area contributed by atoms with Gasteiger partial charge in [0, 0.05) is 24.0 Å². The van der Waals surface area contributed by atoms with Crippen LogP contribution in [0.15, 0.2) is 54.9 Å². The largest absolute Gasteiger partial charge is 0.348 e. The van der Waals surface area contributed by atoms with E-state index in [9.17, 15) is 9.18 Å². The van der Waals surface area contributed by atoms with Crippen molar-refractivity contribution in [2.75, 3.05) is 0 Å². The highest BCUT2D eigenvalue weighted by Gasteiger charge is 2.25. The Balaban J connectivity index is 1.78. The summed E-state index contributed by atoms with van der Waals surface area (Å²) in [4.78, 5) is 16.4. The number of carbonyl (C=O) groups is 1. The highest BCUT2D eigenvalue weighted by molar-refractivity contribution is 5.94. The van der Waals surface area contributed by atoms with Crippen LogP contribution in [0.25, 0.3) is 16.9 Å². The molecule has 0 saturated heterocycles. The van der Waals surface area contributed by atoms with Crippen molar-refractivity contribution < 1.29 is 9.18 Å². The van der Waals surface area contributed by atoms with Crippen LogP contribution in [0, 0.1) is 5.82 Å². The van der Waals surface area contributed by atoms with Gasteiger partial charge in [-0.15, -0.1) is 0 Å². The Kier molecular flexibility index (Phi) is 3.57. The smallest absolute Gasteiger partial charge is 0.272 e. The van der Waals surface area contributed by atoms with Gasteiger partial charge in [-0.3, -0.25) is 9.78 Å². The van der Waals surface area contributed by atoms with Crippen LogP contribution in [-0.4, -0.2) is 26.7 Å². The topological polar surface area (TPSA) is 59.8 Å². The molecule has 0 aliphatic heterocycles. The first-order chi connectivity index (χ1) is 11.7. The summed E-state index contributed by atoms with van der Waals surface area (Å²) in [6, 6.07) is 11.7. The van der Waals surface area contributed by atoms with E-state index < -0.39 is 0 Å². The first-order valence-corrected chi connectivity index (χ1v) is 7.78. The van der Waals surface area contributed by atoms with Gasteiger partial charge >= 0.3 is 0 Å². The van der Waals surface area contributed by atoms with Crippen molar-refractivity contribution in [1.82, 2.24) is 20.1 Å². The molecule has 6 heteroatoms. The highest BCUT2D eigenvalue weighted by Crippen LogP contribution is 2.24. The number of aromatic nitrogens is 3. The third-order valence-electron chi connectivity index (χ3n) is 3.88. The number of carbonyl (C=O) groups excluding carboxylic acids is 1. The maximum Gasteiger partial charge on any atom is 0.272 e. The van der Waals surface area contributed by atoms with E-state index in [0.717, 1.165) is 24.1 Å². The molecule has 1 amide bonds. The Hall–Kier alpha value is -3.02. The number of halogens is 1. The maximum absolute atomic E-state index is 13.2. The summed E-state index contributed by atoms with van der Waals surface area (Å²) in [6.07, 6.45) is 5.42. The molecule has 120 valence electrons. The van der Waals surface area contributed by atoms with E-state index in [-0.39, 0.29) is 17.8 Å². The molecule has 4 rings (SSSR count). The Bertz CT molecular complexity index is 870. The highest BCUT2D eigenvalue weighted by atomic mass is 19.1. The molecule has 0 radical (unpaired) electrons. The van der Waals surface area contributed by atoms with Gasteiger partial charge in [-0.25, -0.2) is 9.07 Å². The van der Waals surface area contributed by atoms with Crippen LogP contribution in [0.2, 0.25) is 0 Å². The lowest BCUT2D eigenvalue weighted by molar-refractivity contribution is 0.0945. The summed E-state index contributed by atoms with van der Waals surface area (Å²) in [5, 5.41) is 7.35. The van der Waals surface area contributed by atoms with Crippen LogP contribution in [-0.2, 0) is 0 Å². The molecular weight excluding hydrogens is 307 g/mol. The van der Waals surface area contributed by atoms with Gasteiger partial charge in [0.2, 0.25) is 0 Å². The van der Waals surface area contributed by atoms with Crippen molar-refractivity contribution in [2.24, 2.45) is 0 Å². The van der Waals surface area contributed by atoms with Crippen LogP contribution in [0.5, 0.6) is 0 Å². The van der Waals surface area contributed by atoms with Gasteiger partial charge in [0.15, 0.2) is 5.69 Å². The zero-order chi connectivity index (χ0) is 16.5. The van der Waals surface area contributed by atoms with E-state index in [0.29, 0.717) is 11.4 Å². The zero-order valence-electron chi connectivity index (χ0n) is 12.8. The summed E-state index contributed by atoms with van der Waals surface area (Å²) in [7, 11) is 0. The molecule has 3 aromatic rings. The lowest BCUT2D eigenvalue weighted by atomic mass is 10.2. The summed E-state index contributed by atoms with van der Waals surface area (Å²) in [5.41, 5.74) is 2.58. The monoisotopic (exact) mass is 322 g/mol. The summed E-state index contributed by atoms with van der Waals surface area (Å²) in [5.74, 6) is -0.510. The van der Waals surface area contributed by atoms with Crippen molar-refractivity contribution in [2.45, 2.75) is 18.9 Å². The molecule has 1 fully saturated rings. The molecule has 24 heavy (non-hydrogen) atoms. The first-order valence-electron chi connectivity index (χ1n) is 7.78. The zero-order valence-corrected chi connectivity index (χ0v) is 12.8. The average Bonchev–Trinajstić information content (AvgIpc) is 3.31. The van der Waals surface area contributed by atoms with Gasteiger partial charge in [-0.05, 0) is 55.3 Å². The number of rotatable bonds is 4. The third kappa shape index (κ3) is 2.90. The third-order valence-corrected chi connectivity index (χ3v) is 3.88. The van der Waals surface area contributed by atoms with Gasteiger partial charge < -0.3 is 5.32 Å². The molecule has 2 heterocycles. The average molecular weight is 322 g/mol. The van der Waals surface area contributed by atoms with Gasteiger partial charge in [-0.2, -0.15) is 5.10 Å². The predicted octanol–water partition coefficient (Wildman–Crippen LogP) is 2.97. The minimum Gasteiger partial charge on any atom is -0.348 e. The molecule has 1 aromatic carbocycles. The number of benzene rings is 1. The van der Waals surface area contributed by atoms with Crippen molar-refractivity contribution in [1.29, 1.82) is 0 Å². The minimum absolute atomic E-state index is 0.191. The number of nitrogens with zero attached hydrogens (tertiary/aromatic N) is 3. The van der Waals surface area contributed by atoms with Crippen molar-refractivity contribution >= 4 is 5.91 Å². The second kappa shape index (κ2) is 5.88. The fraction of sp³-hybridized carbons (Fsp3) is 0.167. The molecule has 0 atom stereocenters. The van der Waals surface area contributed by atoms with E-state index in [2.05, 4.69) is 15.4 Å². The standard InChI is InChI=1S/C18H15FN4O/c19-13-3-7-15(8-4-13)23-17(12-2-1-9-20-11-12)10-16(22-23)18(24)21-14-5-6-14/h1-4,7-11,14H,5-6H2,(H,21,24).